The van der Waals surface area contributed by atoms with Crippen LogP contribution in [0.25, 0.3) is 0 Å². The second-order valence-electron chi connectivity index (χ2n) is 4.64. The summed E-state index contributed by atoms with van der Waals surface area (Å²) in [6.45, 7) is 4.71. The van der Waals surface area contributed by atoms with E-state index in [1.807, 2.05) is 11.2 Å². The Labute approximate surface area is 117 Å². The fourth-order valence-corrected chi connectivity index (χ4v) is 4.23. The van der Waals surface area contributed by atoms with Gasteiger partial charge in [-0.1, -0.05) is 33.4 Å². The molecule has 0 radical (unpaired) electrons. The Morgan fingerprint density at radius 1 is 1.22 bits per heavy atom. The Kier molecular flexibility index (Phi) is 5.74. The summed E-state index contributed by atoms with van der Waals surface area (Å²) in [7, 11) is 3.36. The van der Waals surface area contributed by atoms with Crippen molar-refractivity contribution in [3.8, 4) is 11.8 Å². The van der Waals surface area contributed by atoms with E-state index in [-0.39, 0.29) is 11.2 Å². The van der Waals surface area contributed by atoms with E-state index in [1.54, 1.807) is 21.6 Å². The van der Waals surface area contributed by atoms with Crippen LogP contribution in [-0.2, 0) is 4.79 Å². The molecule has 0 bridgehead atoms. The molecule has 0 N–H and O–H groups in total. The highest BCUT2D eigenvalue weighted by Gasteiger charge is 2.31. The highest BCUT2D eigenvalue weighted by atomic mass is 33.1. The number of carbonyl (C=O) groups is 1. The van der Waals surface area contributed by atoms with E-state index >= 15 is 0 Å². The van der Waals surface area contributed by atoms with Crippen molar-refractivity contribution in [2.24, 2.45) is 0 Å². The fourth-order valence-electron chi connectivity index (χ4n) is 2.33. The third-order valence-corrected chi connectivity index (χ3v) is 5.49. The quantitative estimate of drug-likeness (QED) is 0.579. The van der Waals surface area contributed by atoms with E-state index in [0.29, 0.717) is 6.54 Å². The van der Waals surface area contributed by atoms with Crippen LogP contribution in [0, 0.1) is 11.8 Å². The highest BCUT2D eigenvalue weighted by molar-refractivity contribution is 8.76. The van der Waals surface area contributed by atoms with Gasteiger partial charge in [0.25, 0.3) is 0 Å². The molecule has 2 aliphatic rings. The Hall–Kier alpha value is -0.310. The van der Waals surface area contributed by atoms with Crippen LogP contribution in [0.4, 0.5) is 0 Å². The molecule has 18 heavy (non-hydrogen) atoms. The molecule has 0 aromatic heterocycles. The molecular weight excluding hydrogens is 264 g/mol. The minimum absolute atomic E-state index is 0.153. The van der Waals surface area contributed by atoms with Crippen LogP contribution in [0.1, 0.15) is 19.3 Å². The molecule has 2 fully saturated rings. The first-order chi connectivity index (χ1) is 8.81. The summed E-state index contributed by atoms with van der Waals surface area (Å²) in [6.07, 6.45) is 5.61. The summed E-state index contributed by atoms with van der Waals surface area (Å²) in [5.41, 5.74) is 0. The zero-order chi connectivity index (χ0) is 12.8. The van der Waals surface area contributed by atoms with Gasteiger partial charge >= 0.3 is 0 Å². The summed E-state index contributed by atoms with van der Waals surface area (Å²) in [4.78, 5) is 16.2. The number of likely N-dealkylation sites (tertiary alicyclic amines) is 2. The van der Waals surface area contributed by atoms with Crippen LogP contribution in [0.3, 0.4) is 0 Å². The zero-order valence-corrected chi connectivity index (χ0v) is 12.5. The summed E-state index contributed by atoms with van der Waals surface area (Å²) in [5, 5.41) is 0.153. The number of rotatable bonds is 4. The highest BCUT2D eigenvalue weighted by Crippen LogP contribution is 2.31. The Balaban J connectivity index is 1.70. The SMILES string of the molecule is CSS[C@@H]1CCN(CC#CCN2CCCC2)C1=O. The fraction of sp³-hybridized carbons (Fsp3) is 0.769. The lowest BCUT2D eigenvalue weighted by atomic mass is 10.4. The molecule has 0 spiro atoms. The standard InChI is InChI=1S/C13H20N2OS2/c1-17-18-12-6-11-15(13(12)16)10-5-4-9-14-7-2-3-8-14/h12H,2-3,6-11H2,1H3/t12-/m1/s1. The molecule has 1 atom stereocenters. The normalized spacial score (nSPS) is 24.4. The number of nitrogens with zero attached hydrogens (tertiary/aromatic N) is 2. The van der Waals surface area contributed by atoms with Gasteiger partial charge in [0.15, 0.2) is 0 Å². The number of carbonyl (C=O) groups excluding carboxylic acids is 1. The van der Waals surface area contributed by atoms with Gasteiger partial charge in [0.1, 0.15) is 0 Å². The first kappa shape index (κ1) is 14.1. The average Bonchev–Trinajstić information content (AvgIpc) is 2.98. The van der Waals surface area contributed by atoms with Crippen LogP contribution in [-0.4, -0.2) is 59.9 Å². The van der Waals surface area contributed by atoms with Gasteiger partial charge in [-0.15, -0.1) is 0 Å². The summed E-state index contributed by atoms with van der Waals surface area (Å²) < 4.78 is 0. The molecule has 0 saturated carbocycles. The van der Waals surface area contributed by atoms with Gasteiger partial charge in [0, 0.05) is 6.54 Å². The zero-order valence-electron chi connectivity index (χ0n) is 10.9. The van der Waals surface area contributed by atoms with Crippen molar-refractivity contribution in [3.63, 3.8) is 0 Å². The predicted octanol–water partition coefficient (Wildman–Crippen LogP) is 1.70. The van der Waals surface area contributed by atoms with Crippen molar-refractivity contribution < 1.29 is 4.79 Å². The Morgan fingerprint density at radius 2 is 1.94 bits per heavy atom. The first-order valence-corrected chi connectivity index (χ1v) is 9.09. The lowest BCUT2D eigenvalue weighted by molar-refractivity contribution is -0.126. The minimum Gasteiger partial charge on any atom is -0.331 e. The predicted molar refractivity (Wildman–Crippen MR) is 79.5 cm³/mol. The van der Waals surface area contributed by atoms with E-state index in [2.05, 4.69) is 16.7 Å². The second-order valence-corrected chi connectivity index (χ2v) is 7.31. The van der Waals surface area contributed by atoms with Gasteiger partial charge in [-0.05, 0) is 38.6 Å². The van der Waals surface area contributed by atoms with Gasteiger partial charge < -0.3 is 4.90 Å². The minimum atomic E-state index is 0.153. The smallest absolute Gasteiger partial charge is 0.237 e. The van der Waals surface area contributed by atoms with E-state index in [4.69, 9.17) is 0 Å². The second kappa shape index (κ2) is 7.32. The third kappa shape index (κ3) is 3.84. The molecular formula is C13H20N2OS2. The summed E-state index contributed by atoms with van der Waals surface area (Å²) in [6, 6.07) is 0. The summed E-state index contributed by atoms with van der Waals surface area (Å²) in [5.74, 6) is 6.60. The van der Waals surface area contributed by atoms with Gasteiger partial charge in [-0.2, -0.15) is 0 Å². The Bertz CT molecular complexity index is 345. The third-order valence-electron chi connectivity index (χ3n) is 3.36. The van der Waals surface area contributed by atoms with Crippen molar-refractivity contribution >= 4 is 27.5 Å². The van der Waals surface area contributed by atoms with Crippen molar-refractivity contribution in [2.75, 3.05) is 39.0 Å². The maximum absolute atomic E-state index is 12.0. The van der Waals surface area contributed by atoms with Crippen LogP contribution in [0.15, 0.2) is 0 Å². The van der Waals surface area contributed by atoms with Crippen molar-refractivity contribution in [1.82, 2.24) is 9.80 Å². The van der Waals surface area contributed by atoms with Crippen LogP contribution in [0.2, 0.25) is 0 Å². The maximum atomic E-state index is 12.0. The van der Waals surface area contributed by atoms with Crippen molar-refractivity contribution in [2.45, 2.75) is 24.5 Å². The monoisotopic (exact) mass is 284 g/mol. The van der Waals surface area contributed by atoms with Crippen molar-refractivity contribution in [1.29, 1.82) is 0 Å². The molecule has 1 amide bonds. The van der Waals surface area contributed by atoms with Crippen LogP contribution < -0.4 is 0 Å². The van der Waals surface area contributed by atoms with Crippen molar-refractivity contribution in [3.05, 3.63) is 0 Å². The van der Waals surface area contributed by atoms with Gasteiger partial charge in [-0.3, -0.25) is 9.69 Å². The molecule has 3 nitrogen and oxygen atoms in total. The molecule has 100 valence electrons. The molecule has 2 heterocycles. The van der Waals surface area contributed by atoms with Gasteiger partial charge in [0.05, 0.1) is 18.3 Å². The van der Waals surface area contributed by atoms with E-state index in [9.17, 15) is 4.79 Å². The van der Waals surface area contributed by atoms with Gasteiger partial charge in [0.2, 0.25) is 5.91 Å². The molecule has 2 saturated heterocycles. The molecule has 0 aliphatic carbocycles. The lowest BCUT2D eigenvalue weighted by Crippen LogP contribution is -2.28. The van der Waals surface area contributed by atoms with E-state index < -0.39 is 0 Å². The van der Waals surface area contributed by atoms with Crippen LogP contribution >= 0.6 is 21.6 Å². The van der Waals surface area contributed by atoms with E-state index in [0.717, 1.165) is 19.5 Å². The number of hydrogen-bond donors (Lipinski definition) is 0. The Morgan fingerprint density at radius 3 is 2.67 bits per heavy atom. The lowest BCUT2D eigenvalue weighted by Gasteiger charge is -2.12. The molecule has 0 aromatic rings. The van der Waals surface area contributed by atoms with Gasteiger partial charge in [-0.25, -0.2) is 0 Å². The molecule has 2 aliphatic heterocycles. The molecule has 0 unspecified atom stereocenters. The number of hydrogen-bond acceptors (Lipinski definition) is 4. The maximum Gasteiger partial charge on any atom is 0.237 e. The largest absolute Gasteiger partial charge is 0.331 e. The summed E-state index contributed by atoms with van der Waals surface area (Å²) >= 11 is 0. The van der Waals surface area contributed by atoms with E-state index in [1.165, 1.54) is 25.9 Å². The van der Waals surface area contributed by atoms with Crippen LogP contribution in [0.5, 0.6) is 0 Å². The molecule has 2 rings (SSSR count). The molecule has 0 aromatic carbocycles. The average molecular weight is 284 g/mol. The molecule has 5 heteroatoms. The topological polar surface area (TPSA) is 23.6 Å². The first-order valence-electron chi connectivity index (χ1n) is 6.47. The number of amides is 1.